The van der Waals surface area contributed by atoms with Crippen molar-refractivity contribution < 1.29 is 14.3 Å². The summed E-state index contributed by atoms with van der Waals surface area (Å²) in [6, 6.07) is 9.45. The Balaban J connectivity index is 2.48. The summed E-state index contributed by atoms with van der Waals surface area (Å²) in [7, 11) is 0. The highest BCUT2D eigenvalue weighted by atomic mass is 32.1. The van der Waals surface area contributed by atoms with Gasteiger partial charge < -0.3 is 19.7 Å². The van der Waals surface area contributed by atoms with Gasteiger partial charge in [-0.1, -0.05) is 30.3 Å². The van der Waals surface area contributed by atoms with Crippen LogP contribution in [0.25, 0.3) is 0 Å². The van der Waals surface area contributed by atoms with Crippen molar-refractivity contribution in [2.24, 2.45) is 0 Å². The van der Waals surface area contributed by atoms with Crippen LogP contribution < -0.4 is 5.32 Å². The molecule has 124 valence electrons. The molecule has 1 aromatic carbocycles. The minimum absolute atomic E-state index is 0.304. The van der Waals surface area contributed by atoms with Crippen LogP contribution in [0.4, 0.5) is 0 Å². The van der Waals surface area contributed by atoms with Crippen LogP contribution in [-0.2, 0) is 14.3 Å². The topological polar surface area (TPSA) is 50.8 Å². The maximum absolute atomic E-state index is 12.5. The molecule has 1 atom stereocenters. The molecule has 1 aliphatic rings. The molecule has 0 radical (unpaired) electrons. The quantitative estimate of drug-likeness (QED) is 0.638. The lowest BCUT2D eigenvalue weighted by atomic mass is 9.94. The predicted octanol–water partition coefficient (Wildman–Crippen LogP) is 2.75. The third-order valence-corrected chi connectivity index (χ3v) is 3.93. The Morgan fingerprint density at radius 2 is 1.96 bits per heavy atom. The van der Waals surface area contributed by atoms with Gasteiger partial charge in [0.1, 0.15) is 6.73 Å². The van der Waals surface area contributed by atoms with Crippen molar-refractivity contribution in [1.29, 1.82) is 0 Å². The molecule has 1 heterocycles. The number of carbonyl (C=O) groups excluding carboxylic acids is 1. The molecule has 0 fully saturated rings. The third kappa shape index (κ3) is 3.89. The van der Waals surface area contributed by atoms with Gasteiger partial charge in [-0.2, -0.15) is 0 Å². The molecule has 23 heavy (non-hydrogen) atoms. The molecule has 0 spiro atoms. The first-order valence-electron chi connectivity index (χ1n) is 7.68. The van der Waals surface area contributed by atoms with Crippen LogP contribution in [0.5, 0.6) is 0 Å². The van der Waals surface area contributed by atoms with E-state index in [2.05, 4.69) is 5.32 Å². The SMILES string of the molecule is CCOCN1C(=S)NC(C)=C(C(=O)OCC)C1c1ccccc1. The monoisotopic (exact) mass is 334 g/mol. The highest BCUT2D eigenvalue weighted by Gasteiger charge is 2.36. The van der Waals surface area contributed by atoms with Gasteiger partial charge in [-0.05, 0) is 38.6 Å². The molecule has 1 aliphatic heterocycles. The Kier molecular flexibility index (Phi) is 6.12. The fraction of sp³-hybridized carbons (Fsp3) is 0.412. The predicted molar refractivity (Wildman–Crippen MR) is 92.6 cm³/mol. The lowest BCUT2D eigenvalue weighted by Gasteiger charge is -2.39. The van der Waals surface area contributed by atoms with E-state index < -0.39 is 0 Å². The number of nitrogens with zero attached hydrogens (tertiary/aromatic N) is 1. The van der Waals surface area contributed by atoms with E-state index in [4.69, 9.17) is 21.7 Å². The van der Waals surface area contributed by atoms with E-state index >= 15 is 0 Å². The number of hydrogen-bond acceptors (Lipinski definition) is 4. The molecule has 2 rings (SSSR count). The molecule has 0 amide bonds. The van der Waals surface area contributed by atoms with Crippen molar-refractivity contribution in [3.8, 4) is 0 Å². The zero-order chi connectivity index (χ0) is 16.8. The van der Waals surface area contributed by atoms with E-state index in [1.165, 1.54) is 0 Å². The standard InChI is InChI=1S/C17H22N2O3S/c1-4-21-11-19-15(13-9-7-6-8-10-13)14(16(20)22-5-2)12(3)18-17(19)23/h6-10,15H,4-5,11H2,1-3H3,(H,18,23). The molecule has 1 aromatic rings. The molecular formula is C17H22N2O3S. The number of benzene rings is 1. The Morgan fingerprint density at radius 3 is 2.57 bits per heavy atom. The fourth-order valence-electron chi connectivity index (χ4n) is 2.56. The summed E-state index contributed by atoms with van der Waals surface area (Å²) in [6.07, 6.45) is 0. The van der Waals surface area contributed by atoms with Gasteiger partial charge in [0.15, 0.2) is 5.11 Å². The van der Waals surface area contributed by atoms with Crippen molar-refractivity contribution in [3.05, 3.63) is 47.2 Å². The van der Waals surface area contributed by atoms with Crippen LogP contribution >= 0.6 is 12.2 Å². The highest BCUT2D eigenvalue weighted by molar-refractivity contribution is 7.80. The fourth-order valence-corrected chi connectivity index (χ4v) is 2.87. The highest BCUT2D eigenvalue weighted by Crippen LogP contribution is 2.34. The van der Waals surface area contributed by atoms with Gasteiger partial charge in [-0.25, -0.2) is 4.79 Å². The summed E-state index contributed by atoms with van der Waals surface area (Å²) >= 11 is 5.45. The minimum Gasteiger partial charge on any atom is -0.463 e. The normalized spacial score (nSPS) is 18.0. The van der Waals surface area contributed by atoms with Gasteiger partial charge in [0.2, 0.25) is 0 Å². The Morgan fingerprint density at radius 1 is 1.26 bits per heavy atom. The average molecular weight is 334 g/mol. The van der Waals surface area contributed by atoms with Gasteiger partial charge in [-0.3, -0.25) is 0 Å². The number of carbonyl (C=O) groups is 1. The Labute approximate surface area is 142 Å². The second kappa shape index (κ2) is 8.08. The lowest BCUT2D eigenvalue weighted by molar-refractivity contribution is -0.139. The molecule has 6 heteroatoms. The second-order valence-corrected chi connectivity index (χ2v) is 5.48. The van der Waals surface area contributed by atoms with Gasteiger partial charge in [-0.15, -0.1) is 0 Å². The van der Waals surface area contributed by atoms with Gasteiger partial charge in [0.25, 0.3) is 0 Å². The molecule has 1 N–H and O–H groups in total. The number of ether oxygens (including phenoxy) is 2. The molecule has 1 unspecified atom stereocenters. The second-order valence-electron chi connectivity index (χ2n) is 5.09. The average Bonchev–Trinajstić information content (AvgIpc) is 2.54. The van der Waals surface area contributed by atoms with Crippen LogP contribution in [0.2, 0.25) is 0 Å². The van der Waals surface area contributed by atoms with Crippen molar-refractivity contribution >= 4 is 23.3 Å². The number of allylic oxidation sites excluding steroid dienone is 1. The summed E-state index contributed by atoms with van der Waals surface area (Å²) < 4.78 is 10.8. The number of hydrogen-bond donors (Lipinski definition) is 1. The molecule has 0 saturated heterocycles. The van der Waals surface area contributed by atoms with Crippen molar-refractivity contribution in [2.75, 3.05) is 19.9 Å². The van der Waals surface area contributed by atoms with E-state index in [0.29, 0.717) is 30.6 Å². The summed E-state index contributed by atoms with van der Waals surface area (Å²) in [4.78, 5) is 14.4. The van der Waals surface area contributed by atoms with Crippen LogP contribution in [0.3, 0.4) is 0 Å². The summed E-state index contributed by atoms with van der Waals surface area (Å²) in [6.45, 7) is 6.76. The maximum atomic E-state index is 12.5. The molecule has 0 aliphatic carbocycles. The van der Waals surface area contributed by atoms with Gasteiger partial charge in [0.05, 0.1) is 18.2 Å². The van der Waals surface area contributed by atoms with E-state index in [9.17, 15) is 4.79 Å². The molecule has 5 nitrogen and oxygen atoms in total. The first-order valence-corrected chi connectivity index (χ1v) is 8.09. The smallest absolute Gasteiger partial charge is 0.338 e. The van der Waals surface area contributed by atoms with Crippen molar-refractivity contribution in [1.82, 2.24) is 10.2 Å². The number of thiocarbonyl (C=S) groups is 1. The van der Waals surface area contributed by atoms with Gasteiger partial charge in [0, 0.05) is 12.3 Å². The number of esters is 1. The van der Waals surface area contributed by atoms with E-state index in [1.807, 2.05) is 49.1 Å². The lowest BCUT2D eigenvalue weighted by Crippen LogP contribution is -2.49. The van der Waals surface area contributed by atoms with Crippen LogP contribution in [0, 0.1) is 0 Å². The Hall–Kier alpha value is -1.92. The van der Waals surface area contributed by atoms with Gasteiger partial charge >= 0.3 is 5.97 Å². The minimum atomic E-state index is -0.338. The van der Waals surface area contributed by atoms with Crippen LogP contribution in [-0.4, -0.2) is 35.9 Å². The molecular weight excluding hydrogens is 312 g/mol. The van der Waals surface area contributed by atoms with E-state index in [1.54, 1.807) is 6.92 Å². The first kappa shape index (κ1) is 17.4. The van der Waals surface area contributed by atoms with Crippen molar-refractivity contribution in [2.45, 2.75) is 26.8 Å². The first-order chi connectivity index (χ1) is 11.1. The van der Waals surface area contributed by atoms with E-state index in [-0.39, 0.29) is 12.0 Å². The van der Waals surface area contributed by atoms with E-state index in [0.717, 1.165) is 11.3 Å². The number of nitrogens with one attached hydrogen (secondary N) is 1. The molecule has 0 aromatic heterocycles. The zero-order valence-corrected chi connectivity index (χ0v) is 14.5. The van der Waals surface area contributed by atoms with Crippen molar-refractivity contribution in [3.63, 3.8) is 0 Å². The summed E-state index contributed by atoms with van der Waals surface area (Å²) in [5.74, 6) is -0.338. The largest absolute Gasteiger partial charge is 0.463 e. The number of rotatable bonds is 6. The van der Waals surface area contributed by atoms with Crippen LogP contribution in [0.1, 0.15) is 32.4 Å². The Bertz CT molecular complexity index is 601. The maximum Gasteiger partial charge on any atom is 0.338 e. The van der Waals surface area contributed by atoms with Crippen LogP contribution in [0.15, 0.2) is 41.6 Å². The summed E-state index contributed by atoms with van der Waals surface area (Å²) in [5.41, 5.74) is 2.25. The summed E-state index contributed by atoms with van der Waals surface area (Å²) in [5, 5.41) is 3.62. The molecule has 0 bridgehead atoms. The zero-order valence-electron chi connectivity index (χ0n) is 13.7. The third-order valence-electron chi connectivity index (χ3n) is 3.59. The molecule has 0 saturated carbocycles.